The molecule has 0 saturated heterocycles. The van der Waals surface area contributed by atoms with Gasteiger partial charge in [0.15, 0.2) is 5.52 Å². The third-order valence-electron chi connectivity index (χ3n) is 5.79. The minimum absolute atomic E-state index is 0.175. The van der Waals surface area contributed by atoms with Crippen molar-refractivity contribution in [3.05, 3.63) is 86.2 Å². The highest BCUT2D eigenvalue weighted by atomic mass is 16.4. The number of carbonyl (C=O) groups is 1. The molecule has 8 nitrogen and oxygen atoms in total. The Morgan fingerprint density at radius 1 is 1.06 bits per heavy atom. The van der Waals surface area contributed by atoms with Crippen molar-refractivity contribution in [1.82, 2.24) is 19.3 Å². The topological polar surface area (TPSA) is 110 Å². The Morgan fingerprint density at radius 2 is 1.74 bits per heavy atom. The number of aromatic amines is 1. The molecule has 4 aromatic rings. The molecule has 0 spiro atoms. The van der Waals surface area contributed by atoms with Crippen LogP contribution >= 0.6 is 0 Å². The van der Waals surface area contributed by atoms with Gasteiger partial charge in [0.05, 0.1) is 11.1 Å². The number of nitrogens with one attached hydrogen (secondary N) is 1. The Kier molecular flexibility index (Phi) is 6.00. The first-order valence-electron chi connectivity index (χ1n) is 11.3. The Balaban J connectivity index is 1.79. The number of fused-ring (bicyclic) bond motifs is 1. The van der Waals surface area contributed by atoms with E-state index in [0.717, 1.165) is 17.5 Å². The normalized spacial score (nSPS) is 11.8. The number of hydrogen-bond acceptors (Lipinski definition) is 4. The summed E-state index contributed by atoms with van der Waals surface area (Å²) in [6, 6.07) is 14.4. The molecular weight excluding hydrogens is 432 g/mol. The maximum absolute atomic E-state index is 13.1. The number of carboxylic acid groups (broad SMARTS) is 1. The van der Waals surface area contributed by atoms with Crippen molar-refractivity contribution in [3.8, 4) is 11.1 Å². The highest BCUT2D eigenvalue weighted by Gasteiger charge is 2.23. The quantitative estimate of drug-likeness (QED) is 0.452. The highest BCUT2D eigenvalue weighted by molar-refractivity contribution is 5.96. The molecule has 176 valence electrons. The number of aryl methyl sites for hydroxylation is 1. The zero-order valence-corrected chi connectivity index (χ0v) is 19.8. The summed E-state index contributed by atoms with van der Waals surface area (Å²) in [6.07, 6.45) is 1.45. The van der Waals surface area contributed by atoms with Crippen LogP contribution in [0.15, 0.2) is 58.1 Å². The second-order valence-electron chi connectivity index (χ2n) is 9.36. The Hall–Kier alpha value is -3.94. The van der Waals surface area contributed by atoms with Crippen LogP contribution in [0.2, 0.25) is 0 Å². The van der Waals surface area contributed by atoms with Crippen LogP contribution in [0, 0.1) is 0 Å². The van der Waals surface area contributed by atoms with Crippen molar-refractivity contribution in [2.24, 2.45) is 0 Å². The van der Waals surface area contributed by atoms with Gasteiger partial charge in [-0.1, -0.05) is 49.4 Å². The van der Waals surface area contributed by atoms with Gasteiger partial charge in [0, 0.05) is 13.0 Å². The van der Waals surface area contributed by atoms with Gasteiger partial charge in [0.1, 0.15) is 11.3 Å². The van der Waals surface area contributed by atoms with Gasteiger partial charge in [-0.3, -0.25) is 14.7 Å². The van der Waals surface area contributed by atoms with E-state index >= 15 is 0 Å². The molecule has 0 unspecified atom stereocenters. The molecule has 0 aliphatic heterocycles. The summed E-state index contributed by atoms with van der Waals surface area (Å²) in [5, 5.41) is 12.2. The lowest BCUT2D eigenvalue weighted by Gasteiger charge is -2.21. The van der Waals surface area contributed by atoms with Crippen molar-refractivity contribution >= 4 is 17.0 Å². The van der Waals surface area contributed by atoms with Crippen LogP contribution in [-0.2, 0) is 18.5 Å². The number of benzene rings is 2. The van der Waals surface area contributed by atoms with Crippen LogP contribution in [0.25, 0.3) is 22.2 Å². The van der Waals surface area contributed by atoms with Crippen LogP contribution in [0.3, 0.4) is 0 Å². The van der Waals surface area contributed by atoms with E-state index in [1.165, 1.54) is 4.68 Å². The van der Waals surface area contributed by atoms with E-state index in [2.05, 4.69) is 10.1 Å². The fourth-order valence-electron chi connectivity index (χ4n) is 4.14. The van der Waals surface area contributed by atoms with E-state index < -0.39 is 11.5 Å². The molecular formula is C26H28N4O4. The fourth-order valence-corrected chi connectivity index (χ4v) is 4.14. The summed E-state index contributed by atoms with van der Waals surface area (Å²) < 4.78 is 3.14. The largest absolute Gasteiger partial charge is 0.478 e. The SMILES string of the molecule is CCCc1nc2c(=O)n(C(C)(C)C)[nH]c(=O)c2n1Cc1ccc(-c2ccccc2C(=O)O)cc1. The highest BCUT2D eigenvalue weighted by Crippen LogP contribution is 2.25. The van der Waals surface area contributed by atoms with Gasteiger partial charge in [-0.2, -0.15) is 0 Å². The van der Waals surface area contributed by atoms with Gasteiger partial charge >= 0.3 is 5.97 Å². The van der Waals surface area contributed by atoms with E-state index in [4.69, 9.17) is 0 Å². The van der Waals surface area contributed by atoms with Gasteiger partial charge in [-0.25, -0.2) is 14.5 Å². The molecule has 2 aromatic carbocycles. The molecule has 0 saturated carbocycles. The van der Waals surface area contributed by atoms with E-state index in [1.54, 1.807) is 24.3 Å². The van der Waals surface area contributed by atoms with Gasteiger partial charge < -0.3 is 9.67 Å². The second-order valence-corrected chi connectivity index (χ2v) is 9.36. The van der Waals surface area contributed by atoms with Crippen molar-refractivity contribution in [3.63, 3.8) is 0 Å². The standard InChI is InChI=1S/C26H28N4O4/c1-5-8-20-27-21-22(23(31)28-30(24(21)32)26(2,3)4)29(20)15-16-11-13-17(14-12-16)18-9-6-7-10-19(18)25(33)34/h6-7,9-14H,5,8,15H2,1-4H3,(H,28,31)(H,33,34). The van der Waals surface area contributed by atoms with Crippen molar-refractivity contribution in [2.75, 3.05) is 0 Å². The maximum Gasteiger partial charge on any atom is 0.336 e. The summed E-state index contributed by atoms with van der Waals surface area (Å²) in [5.41, 5.74) is 1.77. The van der Waals surface area contributed by atoms with Gasteiger partial charge in [0.2, 0.25) is 0 Å². The lowest BCUT2D eigenvalue weighted by atomic mass is 9.99. The maximum atomic E-state index is 13.1. The zero-order chi connectivity index (χ0) is 24.6. The Bertz CT molecular complexity index is 1480. The Morgan fingerprint density at radius 3 is 2.35 bits per heavy atom. The summed E-state index contributed by atoms with van der Waals surface area (Å²) in [4.78, 5) is 42.3. The molecule has 0 aliphatic rings. The molecule has 0 bridgehead atoms. The van der Waals surface area contributed by atoms with Crippen LogP contribution in [0.4, 0.5) is 0 Å². The molecule has 2 heterocycles. The summed E-state index contributed by atoms with van der Waals surface area (Å²) in [6.45, 7) is 7.95. The van der Waals surface area contributed by atoms with Crippen molar-refractivity contribution in [2.45, 2.75) is 52.6 Å². The van der Waals surface area contributed by atoms with Gasteiger partial charge in [-0.15, -0.1) is 0 Å². The van der Waals surface area contributed by atoms with E-state index in [-0.39, 0.29) is 27.7 Å². The van der Waals surface area contributed by atoms with Crippen LogP contribution in [0.5, 0.6) is 0 Å². The number of aromatic carboxylic acids is 1. The number of carboxylic acids is 1. The minimum Gasteiger partial charge on any atom is -0.478 e. The first kappa shape index (κ1) is 23.2. The number of imidazole rings is 1. The number of aromatic nitrogens is 4. The summed E-state index contributed by atoms with van der Waals surface area (Å²) in [7, 11) is 0. The molecule has 8 heteroatoms. The molecule has 0 aliphatic carbocycles. The Labute approximate surface area is 196 Å². The van der Waals surface area contributed by atoms with Crippen LogP contribution in [0.1, 0.15) is 55.9 Å². The van der Waals surface area contributed by atoms with Crippen molar-refractivity contribution in [1.29, 1.82) is 0 Å². The molecule has 0 amide bonds. The molecule has 0 radical (unpaired) electrons. The number of nitrogens with zero attached hydrogens (tertiary/aromatic N) is 3. The third-order valence-corrected chi connectivity index (χ3v) is 5.79. The van der Waals surface area contributed by atoms with Crippen LogP contribution in [-0.4, -0.2) is 30.4 Å². The van der Waals surface area contributed by atoms with Gasteiger partial charge in [0.25, 0.3) is 11.1 Å². The molecule has 0 fully saturated rings. The van der Waals surface area contributed by atoms with E-state index in [1.807, 2.05) is 56.5 Å². The number of rotatable bonds is 6. The first-order valence-corrected chi connectivity index (χ1v) is 11.3. The third kappa shape index (κ3) is 4.19. The average molecular weight is 461 g/mol. The molecule has 2 aromatic heterocycles. The molecule has 34 heavy (non-hydrogen) atoms. The van der Waals surface area contributed by atoms with Crippen LogP contribution < -0.4 is 11.1 Å². The summed E-state index contributed by atoms with van der Waals surface area (Å²) in [5.74, 6) is -0.291. The van der Waals surface area contributed by atoms with Gasteiger partial charge in [-0.05, 0) is 49.9 Å². The second kappa shape index (κ2) is 8.78. The zero-order valence-electron chi connectivity index (χ0n) is 19.8. The van der Waals surface area contributed by atoms with E-state index in [0.29, 0.717) is 24.4 Å². The summed E-state index contributed by atoms with van der Waals surface area (Å²) >= 11 is 0. The first-order chi connectivity index (χ1) is 16.1. The minimum atomic E-state index is -0.978. The number of H-pyrrole nitrogens is 1. The monoisotopic (exact) mass is 460 g/mol. The lowest BCUT2D eigenvalue weighted by Crippen LogP contribution is -2.40. The van der Waals surface area contributed by atoms with Crippen molar-refractivity contribution < 1.29 is 9.90 Å². The average Bonchev–Trinajstić information content (AvgIpc) is 3.15. The lowest BCUT2D eigenvalue weighted by molar-refractivity contribution is 0.0697. The predicted octanol–water partition coefficient (Wildman–Crippen LogP) is 4.01. The van der Waals surface area contributed by atoms with E-state index in [9.17, 15) is 19.5 Å². The fraction of sp³-hybridized carbons (Fsp3) is 0.308. The predicted molar refractivity (Wildman–Crippen MR) is 132 cm³/mol. The molecule has 2 N–H and O–H groups in total. The molecule has 4 rings (SSSR count). The molecule has 0 atom stereocenters. The smallest absolute Gasteiger partial charge is 0.336 e. The number of hydrogen-bond donors (Lipinski definition) is 2.